The van der Waals surface area contributed by atoms with E-state index in [1.807, 2.05) is 0 Å². The zero-order valence-corrected chi connectivity index (χ0v) is 21.7. The Morgan fingerprint density at radius 2 is 1.76 bits per heavy atom. The number of anilines is 1. The lowest BCUT2D eigenvalue weighted by molar-refractivity contribution is -0.145. The molecule has 3 aliphatic heterocycles. The van der Waals surface area contributed by atoms with Crippen molar-refractivity contribution in [1.29, 1.82) is 0 Å². The molecule has 0 amide bonds. The van der Waals surface area contributed by atoms with Crippen LogP contribution in [0.4, 0.5) is 5.69 Å². The van der Waals surface area contributed by atoms with Crippen LogP contribution in [0.25, 0.3) is 11.1 Å². The number of carbonyl (C=O) groups is 3. The number of ether oxygens (including phenoxy) is 1. The summed E-state index contributed by atoms with van der Waals surface area (Å²) in [7, 11) is 0. The number of benzene rings is 2. The molecule has 0 saturated heterocycles. The van der Waals surface area contributed by atoms with E-state index in [1.54, 1.807) is 6.08 Å². The fourth-order valence-corrected chi connectivity index (χ4v) is 6.77. The SMILES string of the molecule is CC1(C)C2=C3C=C(C(=O)CCCC(=O)O)C(=O)OC3CCN2c2cc3c(cc21)-c1ccccc1C3(C)C. The molecule has 1 atom stereocenters. The lowest BCUT2D eigenvalue weighted by Gasteiger charge is -2.38. The number of aliphatic carboxylic acids is 1. The number of nitrogens with zero attached hydrogens (tertiary/aromatic N) is 1. The van der Waals surface area contributed by atoms with E-state index in [0.29, 0.717) is 6.42 Å². The van der Waals surface area contributed by atoms with Gasteiger partial charge in [0.05, 0.1) is 0 Å². The Morgan fingerprint density at radius 3 is 2.51 bits per heavy atom. The molecule has 0 saturated carbocycles. The topological polar surface area (TPSA) is 83.9 Å². The number of esters is 1. The van der Waals surface area contributed by atoms with Crippen LogP contribution in [0.1, 0.15) is 70.1 Å². The smallest absolute Gasteiger partial charge is 0.342 e. The van der Waals surface area contributed by atoms with E-state index in [2.05, 4.69) is 69.0 Å². The van der Waals surface area contributed by atoms with E-state index in [1.165, 1.54) is 33.5 Å². The second-order valence-electron chi connectivity index (χ2n) is 11.6. The van der Waals surface area contributed by atoms with Gasteiger partial charge in [-0.15, -0.1) is 0 Å². The predicted molar refractivity (Wildman–Crippen MR) is 140 cm³/mol. The molecule has 0 aromatic heterocycles. The maximum atomic E-state index is 12.9. The Hall–Kier alpha value is -3.67. The number of hydrogen-bond donors (Lipinski definition) is 1. The molecule has 4 aliphatic rings. The van der Waals surface area contributed by atoms with Crippen molar-refractivity contribution in [3.63, 3.8) is 0 Å². The molecule has 6 heteroatoms. The van der Waals surface area contributed by atoms with Gasteiger partial charge in [0, 0.05) is 53.6 Å². The van der Waals surface area contributed by atoms with Gasteiger partial charge in [0.2, 0.25) is 0 Å². The summed E-state index contributed by atoms with van der Waals surface area (Å²) in [6.45, 7) is 9.69. The van der Waals surface area contributed by atoms with Crippen molar-refractivity contribution in [1.82, 2.24) is 0 Å². The Kier molecular flexibility index (Phi) is 5.07. The summed E-state index contributed by atoms with van der Waals surface area (Å²) in [6, 6.07) is 13.3. The summed E-state index contributed by atoms with van der Waals surface area (Å²) in [4.78, 5) is 38.8. The highest BCUT2D eigenvalue weighted by atomic mass is 16.5. The maximum absolute atomic E-state index is 12.9. The Balaban J connectivity index is 1.47. The number of rotatable bonds is 5. The Labute approximate surface area is 216 Å². The van der Waals surface area contributed by atoms with E-state index in [0.717, 1.165) is 17.8 Å². The van der Waals surface area contributed by atoms with Gasteiger partial charge in [-0.1, -0.05) is 52.0 Å². The van der Waals surface area contributed by atoms with Crippen LogP contribution < -0.4 is 4.90 Å². The number of fused-ring (bicyclic) bond motifs is 7. The van der Waals surface area contributed by atoms with Gasteiger partial charge >= 0.3 is 11.9 Å². The van der Waals surface area contributed by atoms with Crippen LogP contribution in [0.5, 0.6) is 0 Å². The molecular weight excluding hydrogens is 466 g/mol. The van der Waals surface area contributed by atoms with Gasteiger partial charge in [0.1, 0.15) is 11.7 Å². The summed E-state index contributed by atoms with van der Waals surface area (Å²) in [5, 5.41) is 8.91. The first-order valence-electron chi connectivity index (χ1n) is 13.0. The summed E-state index contributed by atoms with van der Waals surface area (Å²) in [6.07, 6.45) is 2.09. The van der Waals surface area contributed by atoms with Gasteiger partial charge in [-0.25, -0.2) is 4.79 Å². The second-order valence-corrected chi connectivity index (χ2v) is 11.6. The quantitative estimate of drug-likeness (QED) is 0.438. The molecular formula is C31H31NO5. The molecule has 1 unspecified atom stereocenters. The monoisotopic (exact) mass is 497 g/mol. The molecule has 1 aliphatic carbocycles. The number of Topliss-reactive ketones (excluding diaryl/α,β-unsaturated/α-hetero) is 1. The summed E-state index contributed by atoms with van der Waals surface area (Å²) in [5.74, 6) is -1.92. The van der Waals surface area contributed by atoms with Crippen molar-refractivity contribution >= 4 is 23.4 Å². The van der Waals surface area contributed by atoms with E-state index >= 15 is 0 Å². The van der Waals surface area contributed by atoms with Gasteiger partial charge < -0.3 is 14.7 Å². The number of carboxylic acid groups (broad SMARTS) is 1. The molecule has 37 heavy (non-hydrogen) atoms. The molecule has 1 N–H and O–H groups in total. The first-order chi connectivity index (χ1) is 17.5. The van der Waals surface area contributed by atoms with Gasteiger partial charge in [-0.3, -0.25) is 9.59 Å². The van der Waals surface area contributed by atoms with Crippen molar-refractivity contribution in [2.75, 3.05) is 11.4 Å². The number of carboxylic acids is 1. The van der Waals surface area contributed by atoms with Crippen molar-refractivity contribution in [3.8, 4) is 11.1 Å². The van der Waals surface area contributed by atoms with Crippen molar-refractivity contribution < 1.29 is 24.2 Å². The average molecular weight is 498 g/mol. The molecule has 2 aromatic carbocycles. The predicted octanol–water partition coefficient (Wildman–Crippen LogP) is 5.42. The number of carbonyl (C=O) groups excluding carboxylic acids is 2. The molecule has 0 radical (unpaired) electrons. The number of ketones is 1. The molecule has 190 valence electrons. The minimum absolute atomic E-state index is 0.00899. The summed E-state index contributed by atoms with van der Waals surface area (Å²) >= 11 is 0. The zero-order chi connectivity index (χ0) is 26.3. The van der Waals surface area contributed by atoms with Crippen LogP contribution in [0.3, 0.4) is 0 Å². The highest BCUT2D eigenvalue weighted by Crippen LogP contribution is 2.57. The second kappa shape index (κ2) is 7.91. The Morgan fingerprint density at radius 1 is 1.00 bits per heavy atom. The van der Waals surface area contributed by atoms with E-state index in [9.17, 15) is 14.4 Å². The minimum Gasteiger partial charge on any atom is -0.481 e. The van der Waals surface area contributed by atoms with E-state index in [-0.39, 0.29) is 47.6 Å². The lowest BCUT2D eigenvalue weighted by atomic mass is 9.77. The highest BCUT2D eigenvalue weighted by Gasteiger charge is 2.49. The first kappa shape index (κ1) is 23.7. The van der Waals surface area contributed by atoms with Crippen molar-refractivity contribution in [2.45, 2.75) is 70.3 Å². The van der Waals surface area contributed by atoms with Crippen molar-refractivity contribution in [2.24, 2.45) is 0 Å². The number of hydrogen-bond acceptors (Lipinski definition) is 5. The molecule has 6 nitrogen and oxygen atoms in total. The third-order valence-electron chi connectivity index (χ3n) is 8.62. The summed E-state index contributed by atoms with van der Waals surface area (Å²) in [5.41, 5.74) is 9.17. The molecule has 0 bridgehead atoms. The van der Waals surface area contributed by atoms with Crippen LogP contribution in [-0.2, 0) is 30.0 Å². The molecule has 0 fully saturated rings. The zero-order valence-electron chi connectivity index (χ0n) is 21.7. The van der Waals surface area contributed by atoms with Crippen LogP contribution in [0, 0.1) is 0 Å². The van der Waals surface area contributed by atoms with Crippen molar-refractivity contribution in [3.05, 3.63) is 76.0 Å². The molecule has 6 rings (SSSR count). The lowest BCUT2D eigenvalue weighted by Crippen LogP contribution is -2.41. The third-order valence-corrected chi connectivity index (χ3v) is 8.62. The Bertz CT molecular complexity index is 1460. The normalized spacial score (nSPS) is 21.8. The van der Waals surface area contributed by atoms with Gasteiger partial charge in [0.15, 0.2) is 5.78 Å². The third kappa shape index (κ3) is 3.34. The number of allylic oxidation sites excluding steroid dienone is 1. The van der Waals surface area contributed by atoms with Gasteiger partial charge in [-0.2, -0.15) is 0 Å². The van der Waals surface area contributed by atoms with Gasteiger partial charge in [0.25, 0.3) is 0 Å². The first-order valence-corrected chi connectivity index (χ1v) is 13.0. The van der Waals surface area contributed by atoms with Gasteiger partial charge in [-0.05, 0) is 52.4 Å². The van der Waals surface area contributed by atoms with Crippen LogP contribution >= 0.6 is 0 Å². The molecule has 0 spiro atoms. The van der Waals surface area contributed by atoms with Crippen LogP contribution in [0.2, 0.25) is 0 Å². The minimum atomic E-state index is -0.955. The van der Waals surface area contributed by atoms with E-state index in [4.69, 9.17) is 9.84 Å². The fraction of sp³-hybridized carbons (Fsp3) is 0.387. The fourth-order valence-electron chi connectivity index (χ4n) is 6.77. The molecule has 3 heterocycles. The molecule has 2 aromatic rings. The van der Waals surface area contributed by atoms with Crippen LogP contribution in [-0.4, -0.2) is 35.5 Å². The highest BCUT2D eigenvalue weighted by molar-refractivity contribution is 6.18. The largest absolute Gasteiger partial charge is 0.481 e. The van der Waals surface area contributed by atoms with E-state index < -0.39 is 11.9 Å². The maximum Gasteiger partial charge on any atom is 0.342 e. The van der Waals surface area contributed by atoms with Crippen LogP contribution in [0.15, 0.2) is 59.3 Å². The average Bonchev–Trinajstić information content (AvgIpc) is 3.22. The summed E-state index contributed by atoms with van der Waals surface area (Å²) < 4.78 is 5.78. The standard InChI is InChI=1S/C31H31NO5/c1-30(2)21-9-6-5-8-17(21)18-15-23-24(16-22(18)30)32-13-12-26-20(28(32)31(23,3)4)14-19(29(36)37-26)25(33)10-7-11-27(34)35/h5-6,8-9,14-16,26H,7,10-13H2,1-4H3,(H,34,35).